The van der Waals surface area contributed by atoms with Gasteiger partial charge in [0.15, 0.2) is 0 Å². The van der Waals surface area contributed by atoms with E-state index in [1.165, 1.54) is 24.9 Å². The van der Waals surface area contributed by atoms with E-state index in [0.29, 0.717) is 34.4 Å². The van der Waals surface area contributed by atoms with Gasteiger partial charge in [-0.15, -0.1) is 0 Å². The van der Waals surface area contributed by atoms with Gasteiger partial charge in [0.2, 0.25) is 5.91 Å². The molecule has 4 atom stereocenters. The predicted octanol–water partition coefficient (Wildman–Crippen LogP) is 2.19. The molecule has 2 aromatic heterocycles. The Morgan fingerprint density at radius 3 is 2.76 bits per heavy atom. The first-order chi connectivity index (χ1) is 15.6. The fraction of sp³-hybridized carbons (Fsp3) is 0.522. The van der Waals surface area contributed by atoms with Crippen LogP contribution in [-0.4, -0.2) is 32.6 Å². The van der Waals surface area contributed by atoms with Crippen LogP contribution in [0.4, 0.5) is 5.69 Å². The number of carbonyl (C=O) groups excluding carboxylic acids is 2. The van der Waals surface area contributed by atoms with E-state index in [1.54, 1.807) is 6.07 Å². The second-order valence-electron chi connectivity index (χ2n) is 9.73. The molecular formula is C23H29ClN6O3. The first kappa shape index (κ1) is 23.2. The molecule has 33 heavy (non-hydrogen) atoms. The topological polar surface area (TPSA) is 132 Å². The Hall–Kier alpha value is -2.94. The van der Waals surface area contributed by atoms with E-state index in [0.717, 1.165) is 11.1 Å². The van der Waals surface area contributed by atoms with E-state index in [2.05, 4.69) is 41.5 Å². The minimum Gasteiger partial charge on any atom is -0.379 e. The summed E-state index contributed by atoms with van der Waals surface area (Å²) in [7, 11) is 0. The number of anilines is 1. The molecule has 3 fully saturated rings. The molecule has 3 saturated carbocycles. The Bertz CT molecular complexity index is 1150. The maximum absolute atomic E-state index is 12.7. The zero-order valence-electron chi connectivity index (χ0n) is 19.0. The average Bonchev–Trinajstić information content (AvgIpc) is 2.78. The molecule has 2 heterocycles. The number of carbonyl (C=O) groups is 2. The summed E-state index contributed by atoms with van der Waals surface area (Å²) in [5.74, 6) is 0.737. The number of nitrogens with one attached hydrogen (secondary N) is 2. The predicted molar refractivity (Wildman–Crippen MR) is 125 cm³/mol. The van der Waals surface area contributed by atoms with E-state index in [4.69, 9.17) is 17.3 Å². The molecule has 0 aliphatic heterocycles. The van der Waals surface area contributed by atoms with Crippen LogP contribution in [0.3, 0.4) is 0 Å². The molecule has 2 amide bonds. The maximum atomic E-state index is 12.7. The minimum atomic E-state index is -0.648. The minimum absolute atomic E-state index is 0.0312. The smallest absolute Gasteiger partial charge is 0.288 e. The average molecular weight is 473 g/mol. The van der Waals surface area contributed by atoms with Gasteiger partial charge in [-0.25, -0.2) is 4.68 Å². The molecule has 0 aromatic carbocycles. The second-order valence-corrected chi connectivity index (χ2v) is 10.1. The molecule has 3 aliphatic rings. The van der Waals surface area contributed by atoms with Crippen molar-refractivity contribution in [2.75, 3.05) is 5.32 Å². The zero-order valence-corrected chi connectivity index (χ0v) is 19.7. The highest BCUT2D eigenvalue weighted by atomic mass is 35.5. The van der Waals surface area contributed by atoms with Crippen LogP contribution in [0.15, 0.2) is 29.3 Å². The Balaban J connectivity index is 1.37. The van der Waals surface area contributed by atoms with Crippen LogP contribution < -0.4 is 21.9 Å². The number of rotatable bonds is 7. The van der Waals surface area contributed by atoms with Gasteiger partial charge in [-0.3, -0.25) is 19.4 Å². The molecule has 10 heteroatoms. The van der Waals surface area contributed by atoms with Crippen molar-refractivity contribution in [1.82, 2.24) is 20.1 Å². The van der Waals surface area contributed by atoms with Gasteiger partial charge in [-0.05, 0) is 53.7 Å². The monoisotopic (exact) mass is 472 g/mol. The first-order valence-electron chi connectivity index (χ1n) is 11.1. The summed E-state index contributed by atoms with van der Waals surface area (Å²) in [6.45, 7) is 6.81. The Morgan fingerprint density at radius 2 is 2.09 bits per heavy atom. The number of hydrogen-bond acceptors (Lipinski definition) is 6. The van der Waals surface area contributed by atoms with Gasteiger partial charge >= 0.3 is 0 Å². The molecule has 3 aliphatic carbocycles. The molecule has 4 N–H and O–H groups in total. The molecule has 176 valence electrons. The van der Waals surface area contributed by atoms with E-state index in [1.807, 2.05) is 0 Å². The number of nitrogens with two attached hydrogens (primary N) is 1. The standard InChI is InChI=1S/C23H29ClN6O3/c1-12-15-7-14(23(15,2)3)8-16(12)29-18-10-28-30(22(33)20(18)24)11-19(31)27-9-13-4-5-26-17(6-13)21(25)32/h4-6,10,12,14-16,29H,7-9,11H2,1-3H3,(H2,25,32)(H,27,31)/t12-,14+,15-,16?/m1/s1. The molecule has 0 saturated heterocycles. The van der Waals surface area contributed by atoms with Crippen molar-refractivity contribution in [2.45, 2.75) is 52.7 Å². The molecule has 1 unspecified atom stereocenters. The third-order valence-corrected chi connectivity index (χ3v) is 7.91. The lowest BCUT2D eigenvalue weighted by Gasteiger charge is -2.62. The number of nitrogens with zero attached hydrogens (tertiary/aromatic N) is 3. The SMILES string of the molecule is C[C@H]1C(Nc2cnn(CC(=O)NCc3ccnc(C(N)=O)c3)c(=O)c2Cl)C[C@@H]2C[C@H]1C2(C)C. The number of aromatic nitrogens is 3. The second kappa shape index (κ2) is 8.78. The van der Waals surface area contributed by atoms with Gasteiger partial charge < -0.3 is 16.4 Å². The van der Waals surface area contributed by atoms with E-state index >= 15 is 0 Å². The summed E-state index contributed by atoms with van der Waals surface area (Å²) in [5.41, 5.74) is 6.34. The fourth-order valence-electron chi connectivity index (χ4n) is 5.33. The van der Waals surface area contributed by atoms with Crippen LogP contribution in [-0.2, 0) is 17.9 Å². The maximum Gasteiger partial charge on any atom is 0.288 e. The van der Waals surface area contributed by atoms with Gasteiger partial charge in [-0.2, -0.15) is 5.10 Å². The van der Waals surface area contributed by atoms with Crippen molar-refractivity contribution in [3.63, 3.8) is 0 Å². The normalized spacial score (nSPS) is 25.1. The summed E-state index contributed by atoms with van der Waals surface area (Å²) in [6.07, 6.45) is 5.26. The van der Waals surface area contributed by atoms with Gasteiger partial charge in [-0.1, -0.05) is 32.4 Å². The van der Waals surface area contributed by atoms with Crippen molar-refractivity contribution < 1.29 is 9.59 Å². The largest absolute Gasteiger partial charge is 0.379 e. The summed E-state index contributed by atoms with van der Waals surface area (Å²) in [6, 6.07) is 3.40. The van der Waals surface area contributed by atoms with Crippen LogP contribution in [0.1, 0.15) is 49.7 Å². The van der Waals surface area contributed by atoms with E-state index < -0.39 is 17.4 Å². The van der Waals surface area contributed by atoms with Crippen molar-refractivity contribution in [1.29, 1.82) is 0 Å². The molecule has 5 rings (SSSR count). The summed E-state index contributed by atoms with van der Waals surface area (Å²) in [4.78, 5) is 40.1. The Labute approximate surface area is 197 Å². The quantitative estimate of drug-likeness (QED) is 0.565. The van der Waals surface area contributed by atoms with Crippen LogP contribution >= 0.6 is 11.6 Å². The fourth-order valence-corrected chi connectivity index (χ4v) is 5.53. The lowest BCUT2D eigenvalue weighted by atomic mass is 9.45. The third kappa shape index (κ3) is 4.46. The Kier molecular flexibility index (Phi) is 6.18. The number of pyridine rings is 1. The van der Waals surface area contributed by atoms with E-state index in [-0.39, 0.29) is 29.8 Å². The lowest BCUT2D eigenvalue weighted by molar-refractivity contribution is -0.122. The molecule has 0 radical (unpaired) electrons. The van der Waals surface area contributed by atoms with Crippen LogP contribution in [0.25, 0.3) is 0 Å². The number of halogens is 1. The highest BCUT2D eigenvalue weighted by Crippen LogP contribution is 2.61. The molecule has 9 nitrogen and oxygen atoms in total. The molecular weight excluding hydrogens is 444 g/mol. The Morgan fingerprint density at radius 1 is 1.33 bits per heavy atom. The number of primary amides is 1. The van der Waals surface area contributed by atoms with E-state index in [9.17, 15) is 14.4 Å². The zero-order chi connectivity index (χ0) is 23.9. The van der Waals surface area contributed by atoms with Crippen molar-refractivity contribution in [3.8, 4) is 0 Å². The molecule has 2 aromatic rings. The van der Waals surface area contributed by atoms with Crippen LogP contribution in [0.2, 0.25) is 5.02 Å². The van der Waals surface area contributed by atoms with Crippen LogP contribution in [0.5, 0.6) is 0 Å². The summed E-state index contributed by atoms with van der Waals surface area (Å²) < 4.78 is 1.04. The van der Waals surface area contributed by atoms with Crippen molar-refractivity contribution in [2.24, 2.45) is 28.9 Å². The summed E-state index contributed by atoms with van der Waals surface area (Å²) >= 11 is 6.35. The number of hydrogen-bond donors (Lipinski definition) is 3. The summed E-state index contributed by atoms with van der Waals surface area (Å²) in [5, 5.41) is 10.3. The number of amides is 2. The van der Waals surface area contributed by atoms with Crippen LogP contribution in [0, 0.1) is 23.2 Å². The van der Waals surface area contributed by atoms with Gasteiger partial charge in [0.25, 0.3) is 11.5 Å². The van der Waals surface area contributed by atoms with Gasteiger partial charge in [0, 0.05) is 18.8 Å². The third-order valence-electron chi connectivity index (χ3n) is 7.54. The lowest BCUT2D eigenvalue weighted by Crippen LogP contribution is -2.58. The molecule has 2 bridgehead atoms. The first-order valence-corrected chi connectivity index (χ1v) is 11.5. The molecule has 0 spiro atoms. The van der Waals surface area contributed by atoms with Crippen molar-refractivity contribution in [3.05, 3.63) is 51.2 Å². The van der Waals surface area contributed by atoms with Gasteiger partial charge in [0.1, 0.15) is 17.3 Å². The highest BCUT2D eigenvalue weighted by molar-refractivity contribution is 6.32. The highest BCUT2D eigenvalue weighted by Gasteiger charge is 2.56. The number of fused-ring (bicyclic) bond motifs is 2. The van der Waals surface area contributed by atoms with Gasteiger partial charge in [0.05, 0.1) is 11.9 Å². The van der Waals surface area contributed by atoms with Crippen molar-refractivity contribution >= 4 is 29.1 Å².